The number of rotatable bonds is 10. The number of nitrogens with one attached hydrogen (secondary N) is 1. The van der Waals surface area contributed by atoms with Gasteiger partial charge in [0.2, 0.25) is 5.91 Å². The quantitative estimate of drug-likeness (QED) is 0.379. The Bertz CT molecular complexity index is 1330. The van der Waals surface area contributed by atoms with Crippen LogP contribution in [0.1, 0.15) is 27.0 Å². The number of amides is 1. The van der Waals surface area contributed by atoms with Crippen LogP contribution in [0.4, 0.5) is 5.69 Å². The number of carboxylic acid groups (broad SMARTS) is 1. The van der Waals surface area contributed by atoms with Gasteiger partial charge in [-0.15, -0.1) is 0 Å². The number of carbonyl (C=O) groups excluding carboxylic acids is 1. The molecule has 0 aromatic heterocycles. The molecule has 1 amide bonds. The van der Waals surface area contributed by atoms with Crippen molar-refractivity contribution in [2.45, 2.75) is 24.8 Å². The molecule has 0 atom stereocenters. The zero-order valence-corrected chi connectivity index (χ0v) is 20.5. The van der Waals surface area contributed by atoms with Crippen LogP contribution in [0.2, 0.25) is 5.02 Å². The molecule has 184 valence electrons. The van der Waals surface area contributed by atoms with Crippen LogP contribution in [-0.2, 0) is 27.8 Å². The van der Waals surface area contributed by atoms with E-state index in [1.165, 1.54) is 30.3 Å². The van der Waals surface area contributed by atoms with Gasteiger partial charge in [0.1, 0.15) is 6.54 Å². The Labute approximate surface area is 208 Å². The number of aromatic carboxylic acids is 1. The lowest BCUT2D eigenvalue weighted by atomic mass is 10.1. The summed E-state index contributed by atoms with van der Waals surface area (Å²) < 4.78 is 28.2. The van der Waals surface area contributed by atoms with E-state index in [1.807, 2.05) is 6.92 Å². The Morgan fingerprint density at radius 3 is 2.37 bits per heavy atom. The van der Waals surface area contributed by atoms with E-state index in [0.29, 0.717) is 11.1 Å². The first kappa shape index (κ1) is 26.2. The molecule has 0 radical (unpaired) electrons. The minimum Gasteiger partial charge on any atom is -0.478 e. The van der Waals surface area contributed by atoms with Gasteiger partial charge in [-0.2, -0.15) is 0 Å². The van der Waals surface area contributed by atoms with Crippen LogP contribution in [0.25, 0.3) is 0 Å². The monoisotopic (exact) mass is 516 g/mol. The Morgan fingerprint density at radius 1 is 1.03 bits per heavy atom. The maximum absolute atomic E-state index is 13.6. The normalized spacial score (nSPS) is 11.2. The van der Waals surface area contributed by atoms with Crippen molar-refractivity contribution in [1.29, 1.82) is 0 Å². The second-order valence-electron chi connectivity index (χ2n) is 7.82. The zero-order chi connectivity index (χ0) is 25.6. The molecule has 0 heterocycles. The van der Waals surface area contributed by atoms with Crippen molar-refractivity contribution >= 4 is 39.2 Å². The van der Waals surface area contributed by atoms with Crippen LogP contribution < -0.4 is 9.62 Å². The third-order valence-corrected chi connectivity index (χ3v) is 7.41. The molecule has 10 heteroatoms. The van der Waals surface area contributed by atoms with Gasteiger partial charge in [-0.1, -0.05) is 47.5 Å². The predicted octanol–water partition coefficient (Wildman–Crippen LogP) is 3.39. The van der Waals surface area contributed by atoms with Crippen LogP contribution in [0.3, 0.4) is 0 Å². The number of carbonyl (C=O) groups is 2. The number of hydrogen-bond acceptors (Lipinski definition) is 5. The molecular formula is C25H25ClN2O6S. The van der Waals surface area contributed by atoms with Gasteiger partial charge in [-0.25, -0.2) is 13.2 Å². The number of aliphatic hydroxyl groups excluding tert-OH is 1. The van der Waals surface area contributed by atoms with E-state index in [0.717, 1.165) is 9.87 Å². The number of aryl methyl sites for hydroxylation is 1. The van der Waals surface area contributed by atoms with Gasteiger partial charge in [-0.05, 0) is 60.9 Å². The highest BCUT2D eigenvalue weighted by molar-refractivity contribution is 7.92. The lowest BCUT2D eigenvalue weighted by molar-refractivity contribution is -0.119. The van der Waals surface area contributed by atoms with E-state index in [4.69, 9.17) is 16.7 Å². The van der Waals surface area contributed by atoms with E-state index in [9.17, 15) is 23.1 Å². The van der Waals surface area contributed by atoms with Crippen LogP contribution in [0.15, 0.2) is 71.6 Å². The second kappa shape index (κ2) is 11.4. The fourth-order valence-electron chi connectivity index (χ4n) is 3.48. The molecule has 0 aliphatic carbocycles. The maximum atomic E-state index is 13.6. The average Bonchev–Trinajstić information content (AvgIpc) is 2.83. The van der Waals surface area contributed by atoms with Gasteiger partial charge in [0, 0.05) is 18.2 Å². The minimum absolute atomic E-state index is 0.0000154. The second-order valence-corrected chi connectivity index (χ2v) is 10.1. The third kappa shape index (κ3) is 6.39. The number of sulfonamides is 1. The largest absolute Gasteiger partial charge is 0.478 e. The lowest BCUT2D eigenvalue weighted by Crippen LogP contribution is -2.41. The van der Waals surface area contributed by atoms with Gasteiger partial charge < -0.3 is 15.5 Å². The first-order chi connectivity index (χ1) is 16.6. The summed E-state index contributed by atoms with van der Waals surface area (Å²) in [6.07, 6.45) is 0.0958. The highest BCUT2D eigenvalue weighted by atomic mass is 35.5. The molecule has 0 aliphatic heterocycles. The van der Waals surface area contributed by atoms with E-state index < -0.39 is 28.4 Å². The van der Waals surface area contributed by atoms with Gasteiger partial charge in [0.15, 0.2) is 0 Å². The summed E-state index contributed by atoms with van der Waals surface area (Å²) >= 11 is 6.31. The Morgan fingerprint density at radius 2 is 1.71 bits per heavy atom. The molecule has 3 rings (SSSR count). The van der Waals surface area contributed by atoms with Crippen molar-refractivity contribution < 1.29 is 28.2 Å². The number of benzene rings is 3. The van der Waals surface area contributed by atoms with Crippen molar-refractivity contribution in [2.24, 2.45) is 0 Å². The van der Waals surface area contributed by atoms with E-state index in [-0.39, 0.29) is 40.7 Å². The smallest absolute Gasteiger partial charge is 0.335 e. The van der Waals surface area contributed by atoms with Crippen molar-refractivity contribution in [3.8, 4) is 0 Å². The molecule has 0 unspecified atom stereocenters. The van der Waals surface area contributed by atoms with Crippen LogP contribution in [0.5, 0.6) is 0 Å². The fraction of sp³-hybridized carbons (Fsp3) is 0.200. The standard InChI is InChI=1S/C25H25ClN2O6S/c1-17-8-10-20(11-9-17)35(33,34)28(23-7-3-6-22(26)21(23)12-13-29)16-24(30)27-15-18-4-2-5-19(14-18)25(31)32/h2-11,14,29H,12-13,15-16H2,1H3,(H,27,30)(H,31,32). The molecule has 0 aliphatic rings. The molecule has 0 spiro atoms. The molecule has 0 saturated carbocycles. The molecule has 3 aromatic carbocycles. The van der Waals surface area contributed by atoms with Crippen LogP contribution in [-0.4, -0.2) is 43.7 Å². The fourth-order valence-corrected chi connectivity index (χ4v) is 5.19. The summed E-state index contributed by atoms with van der Waals surface area (Å²) in [6, 6.07) is 17.0. The Hall–Kier alpha value is -3.40. The van der Waals surface area contributed by atoms with Crippen LogP contribution >= 0.6 is 11.6 Å². The summed E-state index contributed by atoms with van der Waals surface area (Å²) in [5.74, 6) is -1.69. The van der Waals surface area contributed by atoms with E-state index >= 15 is 0 Å². The maximum Gasteiger partial charge on any atom is 0.335 e. The Kier molecular flexibility index (Phi) is 8.50. The third-order valence-electron chi connectivity index (χ3n) is 5.28. The van der Waals surface area contributed by atoms with Crippen LogP contribution in [0, 0.1) is 6.92 Å². The van der Waals surface area contributed by atoms with Gasteiger partial charge in [-0.3, -0.25) is 9.10 Å². The molecule has 0 fully saturated rings. The molecule has 35 heavy (non-hydrogen) atoms. The van der Waals surface area contributed by atoms with Gasteiger partial charge >= 0.3 is 5.97 Å². The van der Waals surface area contributed by atoms with E-state index in [2.05, 4.69) is 5.32 Å². The SMILES string of the molecule is Cc1ccc(S(=O)(=O)N(CC(=O)NCc2cccc(C(=O)O)c2)c2cccc(Cl)c2CCO)cc1. The molecule has 8 nitrogen and oxygen atoms in total. The number of carboxylic acids is 1. The highest BCUT2D eigenvalue weighted by Gasteiger charge is 2.29. The summed E-state index contributed by atoms with van der Waals surface area (Å²) in [6.45, 7) is 1.03. The van der Waals surface area contributed by atoms with Crippen molar-refractivity contribution in [3.05, 3.63) is 94.0 Å². The highest BCUT2D eigenvalue weighted by Crippen LogP contribution is 2.32. The number of hydrogen-bond donors (Lipinski definition) is 3. The van der Waals surface area contributed by atoms with Crippen molar-refractivity contribution in [3.63, 3.8) is 0 Å². The zero-order valence-electron chi connectivity index (χ0n) is 18.9. The number of nitrogens with zero attached hydrogens (tertiary/aromatic N) is 1. The molecule has 0 saturated heterocycles. The number of aliphatic hydroxyl groups is 1. The number of halogens is 1. The molecular weight excluding hydrogens is 492 g/mol. The van der Waals surface area contributed by atoms with Crippen molar-refractivity contribution in [2.75, 3.05) is 17.5 Å². The topological polar surface area (TPSA) is 124 Å². The Balaban J connectivity index is 1.94. The van der Waals surface area contributed by atoms with Gasteiger partial charge in [0.25, 0.3) is 10.0 Å². The molecule has 3 N–H and O–H groups in total. The first-order valence-electron chi connectivity index (χ1n) is 10.7. The summed E-state index contributed by atoms with van der Waals surface area (Å²) in [5.41, 5.74) is 2.09. The summed E-state index contributed by atoms with van der Waals surface area (Å²) in [4.78, 5) is 24.1. The van der Waals surface area contributed by atoms with Gasteiger partial charge in [0.05, 0.1) is 16.1 Å². The van der Waals surface area contributed by atoms with E-state index in [1.54, 1.807) is 36.4 Å². The predicted molar refractivity (Wildman–Crippen MR) is 133 cm³/mol. The minimum atomic E-state index is -4.17. The lowest BCUT2D eigenvalue weighted by Gasteiger charge is -2.27. The number of anilines is 1. The molecule has 0 bridgehead atoms. The first-order valence-corrected chi connectivity index (χ1v) is 12.5. The van der Waals surface area contributed by atoms with Crippen molar-refractivity contribution in [1.82, 2.24) is 5.32 Å². The average molecular weight is 517 g/mol. The molecule has 3 aromatic rings. The summed E-state index contributed by atoms with van der Waals surface area (Å²) in [7, 11) is -4.17. The summed E-state index contributed by atoms with van der Waals surface area (Å²) in [5, 5.41) is 21.6.